The molecule has 2 aromatic carbocycles. The van der Waals surface area contributed by atoms with E-state index in [0.717, 1.165) is 25.7 Å². The summed E-state index contributed by atoms with van der Waals surface area (Å²) < 4.78 is 27.7. The van der Waals surface area contributed by atoms with Crippen LogP contribution in [0.25, 0.3) is 0 Å². The molecule has 0 radical (unpaired) electrons. The van der Waals surface area contributed by atoms with E-state index in [1.54, 1.807) is 24.3 Å². The van der Waals surface area contributed by atoms with Crippen molar-refractivity contribution in [1.82, 2.24) is 5.32 Å². The number of nitrogens with one attached hydrogen (secondary N) is 2. The van der Waals surface area contributed by atoms with Gasteiger partial charge >= 0.3 is 5.97 Å². The van der Waals surface area contributed by atoms with E-state index < -0.39 is 28.5 Å². The number of ether oxygens (including phenoxy) is 1. The highest BCUT2D eigenvalue weighted by atomic mass is 32.2. The van der Waals surface area contributed by atoms with E-state index in [2.05, 4.69) is 10.6 Å². The maximum atomic E-state index is 12.6. The van der Waals surface area contributed by atoms with Crippen molar-refractivity contribution in [2.75, 3.05) is 17.7 Å². The summed E-state index contributed by atoms with van der Waals surface area (Å²) in [6.07, 6.45) is 6.66. The van der Waals surface area contributed by atoms with Crippen LogP contribution in [0.4, 0.5) is 5.69 Å². The highest BCUT2D eigenvalue weighted by molar-refractivity contribution is 8.00. The molecule has 2 aromatic rings. The van der Waals surface area contributed by atoms with E-state index >= 15 is 0 Å². The molecule has 35 heavy (non-hydrogen) atoms. The average molecular weight is 520 g/mol. The number of carbonyl (C=O) groups is 3. The molecule has 0 aromatic heterocycles. The van der Waals surface area contributed by atoms with Gasteiger partial charge in [-0.2, -0.15) is 0 Å². The highest BCUT2D eigenvalue weighted by Crippen LogP contribution is 2.24. The van der Waals surface area contributed by atoms with Crippen LogP contribution in [0.1, 0.15) is 48.9 Å². The largest absolute Gasteiger partial charge is 0.452 e. The summed E-state index contributed by atoms with van der Waals surface area (Å²) >= 11 is 1.24. The average Bonchev–Trinajstić information content (AvgIpc) is 3.10. The van der Waals surface area contributed by atoms with Gasteiger partial charge in [-0.05, 0) is 49.2 Å². The van der Waals surface area contributed by atoms with Gasteiger partial charge in [-0.3, -0.25) is 9.59 Å². The predicted molar refractivity (Wildman–Crippen MR) is 134 cm³/mol. The third-order valence-electron chi connectivity index (χ3n) is 5.49. The summed E-state index contributed by atoms with van der Waals surface area (Å²) in [5.41, 5.74) is 0.596. The second kappa shape index (κ2) is 12.7. The lowest BCUT2D eigenvalue weighted by molar-refractivity contribution is -0.120. The number of esters is 1. The van der Waals surface area contributed by atoms with E-state index in [1.807, 2.05) is 0 Å². The Hall–Kier alpha value is -2.89. The molecule has 0 bridgehead atoms. The van der Waals surface area contributed by atoms with Crippen LogP contribution in [-0.2, 0) is 24.3 Å². The van der Waals surface area contributed by atoms with Gasteiger partial charge in [0.15, 0.2) is 6.61 Å². The monoisotopic (exact) mass is 519 g/mol. The van der Waals surface area contributed by atoms with Crippen molar-refractivity contribution in [1.29, 1.82) is 0 Å². The summed E-state index contributed by atoms with van der Waals surface area (Å²) in [6.45, 7) is -0.531. The van der Waals surface area contributed by atoms with Gasteiger partial charge in [-0.1, -0.05) is 37.8 Å². The fourth-order valence-electron chi connectivity index (χ4n) is 3.73. The van der Waals surface area contributed by atoms with Crippen LogP contribution < -0.4 is 15.8 Å². The first-order chi connectivity index (χ1) is 16.7. The summed E-state index contributed by atoms with van der Waals surface area (Å²) in [5, 5.41) is 10.6. The third kappa shape index (κ3) is 8.68. The normalized spacial score (nSPS) is 14.5. The van der Waals surface area contributed by atoms with Gasteiger partial charge in [0.05, 0.1) is 16.2 Å². The summed E-state index contributed by atoms with van der Waals surface area (Å²) in [7, 11) is -3.83. The van der Waals surface area contributed by atoms with E-state index in [9.17, 15) is 22.8 Å². The Bertz CT molecular complexity index is 1140. The van der Waals surface area contributed by atoms with E-state index in [0.29, 0.717) is 10.6 Å². The van der Waals surface area contributed by atoms with Crippen molar-refractivity contribution in [2.45, 2.75) is 54.4 Å². The Kier molecular flexibility index (Phi) is 9.70. The van der Waals surface area contributed by atoms with Crippen molar-refractivity contribution in [3.8, 4) is 0 Å². The molecule has 0 unspecified atom stereocenters. The van der Waals surface area contributed by atoms with Crippen molar-refractivity contribution >= 4 is 45.3 Å². The van der Waals surface area contributed by atoms with Gasteiger partial charge in [0, 0.05) is 16.6 Å². The van der Waals surface area contributed by atoms with Crippen molar-refractivity contribution in [3.05, 3.63) is 54.1 Å². The standard InChI is InChI=1S/C24H29N3O6S2/c25-35(31,32)19-13-11-18(12-14-19)26-22(28)15-33-24(30)20-9-5-6-10-21(20)34-16-23(29)27-17-7-3-1-2-4-8-17/h5-6,9-14,17H,1-4,7-8,15-16H2,(H,26,28)(H,27,29)(H2,25,31,32). The number of carbonyl (C=O) groups excluding carboxylic acids is 3. The maximum Gasteiger partial charge on any atom is 0.339 e. The molecule has 0 aliphatic heterocycles. The molecule has 0 heterocycles. The number of benzene rings is 2. The fourth-order valence-corrected chi connectivity index (χ4v) is 5.10. The molecule has 0 spiro atoms. The van der Waals surface area contributed by atoms with Gasteiger partial charge in [0.1, 0.15) is 0 Å². The Morgan fingerprint density at radius 3 is 2.26 bits per heavy atom. The molecular weight excluding hydrogens is 490 g/mol. The molecule has 1 saturated carbocycles. The van der Waals surface area contributed by atoms with Crippen LogP contribution in [0.15, 0.2) is 58.3 Å². The molecular formula is C24H29N3O6S2. The van der Waals surface area contributed by atoms with E-state index in [-0.39, 0.29) is 28.2 Å². The van der Waals surface area contributed by atoms with Crippen molar-refractivity contribution in [3.63, 3.8) is 0 Å². The van der Waals surface area contributed by atoms with Gasteiger partial charge in [0.25, 0.3) is 5.91 Å². The quantitative estimate of drug-likeness (QED) is 0.262. The fraction of sp³-hybridized carbons (Fsp3) is 0.375. The zero-order chi connectivity index (χ0) is 25.3. The molecule has 1 fully saturated rings. The van der Waals surface area contributed by atoms with Crippen molar-refractivity contribution in [2.24, 2.45) is 5.14 Å². The first-order valence-corrected chi connectivity index (χ1v) is 13.9. The Morgan fingerprint density at radius 2 is 1.60 bits per heavy atom. The number of hydrogen-bond acceptors (Lipinski definition) is 7. The van der Waals surface area contributed by atoms with Crippen LogP contribution in [0.5, 0.6) is 0 Å². The third-order valence-corrected chi connectivity index (χ3v) is 7.49. The number of thioether (sulfide) groups is 1. The van der Waals surface area contributed by atoms with Crippen LogP contribution in [0.2, 0.25) is 0 Å². The Balaban J connectivity index is 1.49. The van der Waals surface area contributed by atoms with Crippen LogP contribution in [0.3, 0.4) is 0 Å². The molecule has 188 valence electrons. The summed E-state index contributed by atoms with van der Waals surface area (Å²) in [6, 6.07) is 12.2. The predicted octanol–water partition coefficient (Wildman–Crippen LogP) is 3.06. The number of sulfonamides is 1. The number of nitrogens with two attached hydrogens (primary N) is 1. The minimum Gasteiger partial charge on any atom is -0.452 e. The molecule has 0 atom stereocenters. The zero-order valence-electron chi connectivity index (χ0n) is 19.2. The van der Waals surface area contributed by atoms with Crippen LogP contribution in [0, 0.1) is 0 Å². The van der Waals surface area contributed by atoms with E-state index in [1.165, 1.54) is 48.9 Å². The second-order valence-corrected chi connectivity index (χ2v) is 10.8. The molecule has 1 aliphatic carbocycles. The second-order valence-electron chi connectivity index (χ2n) is 8.23. The molecule has 9 nitrogen and oxygen atoms in total. The summed E-state index contributed by atoms with van der Waals surface area (Å²) in [4.78, 5) is 37.6. The first-order valence-electron chi connectivity index (χ1n) is 11.3. The molecule has 11 heteroatoms. The first kappa shape index (κ1) is 26.7. The number of amides is 2. The minimum atomic E-state index is -3.83. The van der Waals surface area contributed by atoms with Gasteiger partial charge in [-0.15, -0.1) is 11.8 Å². The number of rotatable bonds is 9. The lowest BCUT2D eigenvalue weighted by atomic mass is 10.1. The van der Waals surface area contributed by atoms with Crippen molar-refractivity contribution < 1.29 is 27.5 Å². The molecule has 1 aliphatic rings. The Labute approximate surface area is 209 Å². The maximum absolute atomic E-state index is 12.6. The minimum absolute atomic E-state index is 0.0714. The lowest BCUT2D eigenvalue weighted by Gasteiger charge is -2.16. The number of hydrogen-bond donors (Lipinski definition) is 3. The van der Waals surface area contributed by atoms with Gasteiger partial charge < -0.3 is 15.4 Å². The molecule has 4 N–H and O–H groups in total. The molecule has 0 saturated heterocycles. The van der Waals surface area contributed by atoms with Gasteiger partial charge in [0.2, 0.25) is 15.9 Å². The number of primary sulfonamides is 1. The smallest absolute Gasteiger partial charge is 0.339 e. The topological polar surface area (TPSA) is 145 Å². The number of anilines is 1. The zero-order valence-corrected chi connectivity index (χ0v) is 20.8. The Morgan fingerprint density at radius 1 is 0.943 bits per heavy atom. The lowest BCUT2D eigenvalue weighted by Crippen LogP contribution is -2.35. The molecule has 3 rings (SSSR count). The highest BCUT2D eigenvalue weighted by Gasteiger charge is 2.18. The SMILES string of the molecule is NS(=O)(=O)c1ccc(NC(=O)COC(=O)c2ccccc2SCC(=O)NC2CCCCCC2)cc1. The molecule has 2 amide bonds. The summed E-state index contributed by atoms with van der Waals surface area (Å²) in [5.74, 6) is -1.17. The van der Waals surface area contributed by atoms with Crippen LogP contribution >= 0.6 is 11.8 Å². The van der Waals surface area contributed by atoms with E-state index in [4.69, 9.17) is 9.88 Å². The van der Waals surface area contributed by atoms with Gasteiger partial charge in [-0.25, -0.2) is 18.4 Å². The van der Waals surface area contributed by atoms with Crippen LogP contribution in [-0.4, -0.2) is 44.6 Å².